The van der Waals surface area contributed by atoms with Crippen LogP contribution in [-0.2, 0) is 0 Å². The molecule has 132 valence electrons. The third kappa shape index (κ3) is 3.07. The molecular weight excluding hydrogens is 356 g/mol. The van der Waals surface area contributed by atoms with Gasteiger partial charge in [-0.2, -0.15) is 0 Å². The predicted molar refractivity (Wildman–Crippen MR) is 111 cm³/mol. The molecule has 0 aliphatic carbocycles. The quantitative estimate of drug-likeness (QED) is 0.442. The van der Waals surface area contributed by atoms with Crippen molar-refractivity contribution in [3.8, 4) is 11.1 Å². The van der Waals surface area contributed by atoms with Crippen LogP contribution in [0.2, 0.25) is 5.02 Å². The number of ketones is 1. The third-order valence-electron chi connectivity index (χ3n) is 4.72. The second-order valence-electron chi connectivity index (χ2n) is 6.40. The molecule has 0 aliphatic heterocycles. The summed E-state index contributed by atoms with van der Waals surface area (Å²) in [6.45, 7) is 5.73. The number of aromatic nitrogens is 2. The summed E-state index contributed by atoms with van der Waals surface area (Å²) >= 11 is 6.02. The molecule has 0 spiro atoms. The van der Waals surface area contributed by atoms with Crippen molar-refractivity contribution in [3.63, 3.8) is 0 Å². The van der Waals surface area contributed by atoms with Crippen LogP contribution in [0.1, 0.15) is 27.0 Å². The average molecular weight is 373 g/mol. The zero-order chi connectivity index (χ0) is 19.0. The van der Waals surface area contributed by atoms with Gasteiger partial charge in [0.1, 0.15) is 5.65 Å². The van der Waals surface area contributed by atoms with Gasteiger partial charge < -0.3 is 4.98 Å². The van der Waals surface area contributed by atoms with Gasteiger partial charge in [0, 0.05) is 28.4 Å². The summed E-state index contributed by atoms with van der Waals surface area (Å²) < 4.78 is 0. The number of hydrogen-bond acceptors (Lipinski definition) is 2. The van der Waals surface area contributed by atoms with Crippen molar-refractivity contribution in [1.29, 1.82) is 0 Å². The van der Waals surface area contributed by atoms with E-state index < -0.39 is 0 Å². The van der Waals surface area contributed by atoms with Gasteiger partial charge in [0.05, 0.1) is 5.56 Å². The summed E-state index contributed by atoms with van der Waals surface area (Å²) in [4.78, 5) is 20.9. The molecule has 0 atom stereocenters. The molecule has 2 heterocycles. The summed E-state index contributed by atoms with van der Waals surface area (Å²) in [5, 5.41) is 1.49. The van der Waals surface area contributed by atoms with Crippen molar-refractivity contribution in [2.24, 2.45) is 0 Å². The molecule has 1 N–H and O–H groups in total. The van der Waals surface area contributed by atoms with E-state index >= 15 is 0 Å². The van der Waals surface area contributed by atoms with Crippen molar-refractivity contribution in [2.45, 2.75) is 6.92 Å². The maximum atomic E-state index is 13.3. The van der Waals surface area contributed by atoms with Crippen molar-refractivity contribution in [2.75, 3.05) is 0 Å². The van der Waals surface area contributed by atoms with Crippen molar-refractivity contribution >= 4 is 34.5 Å². The van der Waals surface area contributed by atoms with Gasteiger partial charge in [-0.25, -0.2) is 4.98 Å². The fourth-order valence-corrected chi connectivity index (χ4v) is 3.39. The van der Waals surface area contributed by atoms with Crippen LogP contribution in [0.15, 0.2) is 67.5 Å². The summed E-state index contributed by atoms with van der Waals surface area (Å²) in [6.07, 6.45) is 5.21. The molecule has 3 nitrogen and oxygen atoms in total. The van der Waals surface area contributed by atoms with Gasteiger partial charge in [-0.1, -0.05) is 48.5 Å². The normalized spacial score (nSPS) is 10.9. The number of benzene rings is 2. The van der Waals surface area contributed by atoms with Crippen LogP contribution in [0, 0.1) is 6.92 Å². The predicted octanol–water partition coefficient (Wildman–Crippen LogP) is 6.07. The highest BCUT2D eigenvalue weighted by molar-refractivity contribution is 6.30. The lowest BCUT2D eigenvalue weighted by atomic mass is 9.94. The summed E-state index contributed by atoms with van der Waals surface area (Å²) in [5.41, 5.74) is 5.72. The maximum absolute atomic E-state index is 13.3. The molecule has 4 aromatic rings. The number of halogens is 1. The maximum Gasteiger partial charge on any atom is 0.195 e. The van der Waals surface area contributed by atoms with Gasteiger partial charge >= 0.3 is 0 Å². The third-order valence-corrected chi connectivity index (χ3v) is 4.97. The van der Waals surface area contributed by atoms with E-state index in [0.717, 1.165) is 27.6 Å². The molecule has 0 bridgehead atoms. The molecule has 0 radical (unpaired) electrons. The lowest BCUT2D eigenvalue weighted by Crippen LogP contribution is -2.04. The van der Waals surface area contributed by atoms with Crippen LogP contribution < -0.4 is 0 Å². The molecule has 0 amide bonds. The summed E-state index contributed by atoms with van der Waals surface area (Å²) in [7, 11) is 0. The second-order valence-corrected chi connectivity index (χ2v) is 6.84. The number of nitrogens with zero attached hydrogens (tertiary/aromatic N) is 1. The van der Waals surface area contributed by atoms with E-state index in [1.54, 1.807) is 18.5 Å². The van der Waals surface area contributed by atoms with E-state index in [-0.39, 0.29) is 5.78 Å². The Labute approximate surface area is 162 Å². The van der Waals surface area contributed by atoms with Gasteiger partial charge in [-0.05, 0) is 53.4 Å². The molecule has 4 heteroatoms. The highest BCUT2D eigenvalue weighted by atomic mass is 35.5. The van der Waals surface area contributed by atoms with Crippen LogP contribution >= 0.6 is 11.6 Å². The number of rotatable bonds is 4. The van der Waals surface area contributed by atoms with E-state index in [1.165, 1.54) is 0 Å². The van der Waals surface area contributed by atoms with Crippen LogP contribution in [0.4, 0.5) is 0 Å². The van der Waals surface area contributed by atoms with E-state index in [2.05, 4.69) is 16.5 Å². The molecule has 2 aromatic carbocycles. The molecule has 0 aliphatic rings. The standard InChI is InChI=1S/C23H17ClN2O/c1-3-15-5-4-14(2)19(12-15)22(27)20-13-26-23-21(20)18(10-11-25-23)16-6-8-17(24)9-7-16/h3-13H,1H2,2H3,(H,25,26). The number of hydrogen-bond donors (Lipinski definition) is 1. The Hall–Kier alpha value is -3.17. The van der Waals surface area contributed by atoms with Crippen molar-refractivity contribution < 1.29 is 4.79 Å². The first-order chi connectivity index (χ1) is 13.1. The Bertz CT molecular complexity index is 1170. The number of carbonyl (C=O) groups excluding carboxylic acids is 1. The van der Waals surface area contributed by atoms with E-state index in [4.69, 9.17) is 11.6 Å². The number of pyridine rings is 1. The Morgan fingerprint density at radius 1 is 1.11 bits per heavy atom. The molecule has 0 saturated carbocycles. The van der Waals surface area contributed by atoms with E-state index in [1.807, 2.05) is 55.5 Å². The zero-order valence-corrected chi connectivity index (χ0v) is 15.5. The smallest absolute Gasteiger partial charge is 0.195 e. The minimum absolute atomic E-state index is 0.0364. The first-order valence-electron chi connectivity index (χ1n) is 8.58. The Morgan fingerprint density at radius 3 is 2.63 bits per heavy atom. The molecule has 4 rings (SSSR count). The highest BCUT2D eigenvalue weighted by Gasteiger charge is 2.19. The first-order valence-corrected chi connectivity index (χ1v) is 8.96. The molecule has 0 fully saturated rings. The molecule has 0 saturated heterocycles. The van der Waals surface area contributed by atoms with Crippen LogP contribution in [0.3, 0.4) is 0 Å². The van der Waals surface area contributed by atoms with Gasteiger partial charge in [0.2, 0.25) is 0 Å². The highest BCUT2D eigenvalue weighted by Crippen LogP contribution is 2.32. The topological polar surface area (TPSA) is 45.8 Å². The summed E-state index contributed by atoms with van der Waals surface area (Å²) in [6, 6.07) is 15.3. The van der Waals surface area contributed by atoms with Gasteiger partial charge in [0.15, 0.2) is 5.78 Å². The van der Waals surface area contributed by atoms with Crippen LogP contribution in [-0.4, -0.2) is 15.8 Å². The molecular formula is C23H17ClN2O. The fourth-order valence-electron chi connectivity index (χ4n) is 3.26. The van der Waals surface area contributed by atoms with Gasteiger partial charge in [-0.15, -0.1) is 0 Å². The largest absolute Gasteiger partial charge is 0.345 e. The Kier molecular flexibility index (Phi) is 4.38. The SMILES string of the molecule is C=Cc1ccc(C)c(C(=O)c2c[nH]c3nccc(-c4ccc(Cl)cc4)c23)c1. The first kappa shape index (κ1) is 17.3. The average Bonchev–Trinajstić information content (AvgIpc) is 3.13. The lowest BCUT2D eigenvalue weighted by Gasteiger charge is -2.08. The fraction of sp³-hybridized carbons (Fsp3) is 0.0435. The molecule has 0 unspecified atom stereocenters. The Morgan fingerprint density at radius 2 is 1.89 bits per heavy atom. The lowest BCUT2D eigenvalue weighted by molar-refractivity contribution is 0.103. The summed E-state index contributed by atoms with van der Waals surface area (Å²) in [5.74, 6) is -0.0364. The monoisotopic (exact) mass is 372 g/mol. The number of fused-ring (bicyclic) bond motifs is 1. The number of H-pyrrole nitrogens is 1. The van der Waals surface area contributed by atoms with Crippen LogP contribution in [0.25, 0.3) is 28.2 Å². The minimum Gasteiger partial charge on any atom is -0.345 e. The number of aryl methyl sites for hydroxylation is 1. The van der Waals surface area contributed by atoms with E-state index in [0.29, 0.717) is 21.8 Å². The van der Waals surface area contributed by atoms with Crippen molar-refractivity contribution in [3.05, 3.63) is 94.8 Å². The minimum atomic E-state index is -0.0364. The number of nitrogens with one attached hydrogen (secondary N) is 1. The molecule has 2 aromatic heterocycles. The Balaban J connectivity index is 1.92. The zero-order valence-electron chi connectivity index (χ0n) is 14.8. The number of aromatic amines is 1. The van der Waals surface area contributed by atoms with Gasteiger partial charge in [0.25, 0.3) is 0 Å². The van der Waals surface area contributed by atoms with Gasteiger partial charge in [-0.3, -0.25) is 4.79 Å². The number of carbonyl (C=O) groups is 1. The second kappa shape index (κ2) is 6.86. The molecule has 27 heavy (non-hydrogen) atoms. The van der Waals surface area contributed by atoms with Crippen molar-refractivity contribution in [1.82, 2.24) is 9.97 Å². The van der Waals surface area contributed by atoms with Crippen LogP contribution in [0.5, 0.6) is 0 Å². The van der Waals surface area contributed by atoms with E-state index in [9.17, 15) is 4.79 Å².